The number of phosphoric acid groups is 2. The van der Waals surface area contributed by atoms with Crippen LogP contribution in [-0.2, 0) is 27.8 Å². The maximum absolute atomic E-state index is 11.8. The van der Waals surface area contributed by atoms with Gasteiger partial charge in [0.15, 0.2) is 12.1 Å². The van der Waals surface area contributed by atoms with E-state index < -0.39 is 40.5 Å². The van der Waals surface area contributed by atoms with Crippen molar-refractivity contribution < 1.29 is 52.1 Å². The number of hydrazine groups is 2. The zero-order valence-corrected chi connectivity index (χ0v) is 18.1. The molecule has 0 radical (unpaired) electrons. The molecule has 0 unspecified atom stereocenters. The predicted octanol–water partition coefficient (Wildman–Crippen LogP) is -1.09. The second-order valence-corrected chi connectivity index (χ2v) is 7.97. The lowest BCUT2D eigenvalue weighted by Crippen LogP contribution is -2.37. The van der Waals surface area contributed by atoms with E-state index in [0.29, 0.717) is 5.69 Å². The van der Waals surface area contributed by atoms with Crippen LogP contribution in [0.4, 0.5) is 5.69 Å². The number of amides is 1. The quantitative estimate of drug-likeness (QED) is 0.0464. The van der Waals surface area contributed by atoms with E-state index in [1.807, 2.05) is 5.43 Å². The molecule has 0 bridgehead atoms. The molecule has 0 heterocycles. The summed E-state index contributed by atoms with van der Waals surface area (Å²) < 4.78 is 30.1. The van der Waals surface area contributed by atoms with E-state index in [1.165, 1.54) is 24.1 Å². The Bertz CT molecular complexity index is 798. The highest BCUT2D eigenvalue weighted by atomic mass is 31.2. The molecule has 1 aromatic carbocycles. The normalized spacial score (nSPS) is 11.3. The molecule has 0 aromatic heterocycles. The van der Waals surface area contributed by atoms with E-state index in [9.17, 15) is 18.7 Å². The zero-order valence-electron chi connectivity index (χ0n) is 16.3. The van der Waals surface area contributed by atoms with Crippen LogP contribution >= 0.6 is 15.6 Å². The Kier molecular flexibility index (Phi) is 13.2. The van der Waals surface area contributed by atoms with Crippen LogP contribution in [0.25, 0.3) is 0 Å². The maximum Gasteiger partial charge on any atom is 0.469 e. The molecule has 15 nitrogen and oxygen atoms in total. The number of carbonyl (C=O) groups is 3. The number of para-hydroxylation sites is 1. The van der Waals surface area contributed by atoms with Gasteiger partial charge in [-0.2, -0.15) is 0 Å². The lowest BCUT2D eigenvalue weighted by Gasteiger charge is -2.25. The van der Waals surface area contributed by atoms with Crippen LogP contribution in [0.2, 0.25) is 0 Å². The molecule has 0 aliphatic heterocycles. The summed E-state index contributed by atoms with van der Waals surface area (Å²) in [5.41, 5.74) is 5.22. The maximum atomic E-state index is 11.8. The van der Waals surface area contributed by atoms with Gasteiger partial charge in [0.2, 0.25) is 0 Å². The Balaban J connectivity index is 0.00000161. The van der Waals surface area contributed by atoms with Gasteiger partial charge in [-0.3, -0.25) is 28.9 Å². The molecule has 0 spiro atoms. The first-order valence-electron chi connectivity index (χ1n) is 8.26. The lowest BCUT2D eigenvalue weighted by molar-refractivity contribution is -0.128. The summed E-state index contributed by atoms with van der Waals surface area (Å²) in [5.74, 6) is 4.09. The summed E-state index contributed by atoms with van der Waals surface area (Å²) >= 11 is 0. The fraction of sp³-hybridized carbons (Fsp3) is 0.357. The average Bonchev–Trinajstić information content (AvgIpc) is 2.66. The van der Waals surface area contributed by atoms with Gasteiger partial charge in [0.25, 0.3) is 5.91 Å². The fourth-order valence-electron chi connectivity index (χ4n) is 1.79. The Morgan fingerprint density at radius 3 is 1.90 bits per heavy atom. The summed E-state index contributed by atoms with van der Waals surface area (Å²) in [4.78, 5) is 65.2. The van der Waals surface area contributed by atoms with Crippen molar-refractivity contribution in [3.05, 3.63) is 29.8 Å². The van der Waals surface area contributed by atoms with Crippen molar-refractivity contribution in [3.63, 3.8) is 0 Å². The third-order valence-electron chi connectivity index (χ3n) is 2.99. The third-order valence-corrected chi connectivity index (χ3v) is 4.03. The first-order valence-corrected chi connectivity index (χ1v) is 11.3. The number of rotatable bonds is 12. The molecule has 0 aliphatic carbocycles. The Morgan fingerprint density at radius 1 is 1.06 bits per heavy atom. The summed E-state index contributed by atoms with van der Waals surface area (Å²) in [6.07, 6.45) is 0.278. The average molecular weight is 486 g/mol. The van der Waals surface area contributed by atoms with Crippen LogP contribution in [0.1, 0.15) is 17.3 Å². The van der Waals surface area contributed by atoms with E-state index in [4.69, 9.17) is 30.2 Å². The van der Waals surface area contributed by atoms with E-state index in [-0.39, 0.29) is 24.9 Å². The van der Waals surface area contributed by atoms with Crippen molar-refractivity contribution in [2.24, 2.45) is 5.84 Å². The Morgan fingerprint density at radius 2 is 1.52 bits per heavy atom. The molecule has 0 atom stereocenters. The molecule has 0 fully saturated rings. The van der Waals surface area contributed by atoms with Gasteiger partial charge in [-0.1, -0.05) is 12.1 Å². The lowest BCUT2D eigenvalue weighted by atomic mass is 10.2. The molecule has 0 saturated heterocycles. The van der Waals surface area contributed by atoms with Crippen molar-refractivity contribution in [3.8, 4) is 0 Å². The molecular weight excluding hydrogens is 462 g/mol. The molecule has 0 saturated carbocycles. The van der Waals surface area contributed by atoms with E-state index in [1.54, 1.807) is 12.1 Å². The van der Waals surface area contributed by atoms with Crippen LogP contribution in [0.15, 0.2) is 24.3 Å². The van der Waals surface area contributed by atoms with Gasteiger partial charge in [-0.25, -0.2) is 20.0 Å². The topological polar surface area (TPSA) is 238 Å². The highest BCUT2D eigenvalue weighted by Gasteiger charge is 2.18. The SMILES string of the molecule is CC(=O)C=O.NNC(=O)c1ccccc1NN(CCOP(=O)(O)O)CCOP(=O)(O)O. The highest BCUT2D eigenvalue weighted by Crippen LogP contribution is 2.36. The molecule has 8 N–H and O–H groups in total. The van der Waals surface area contributed by atoms with Crippen molar-refractivity contribution >= 4 is 39.3 Å². The molecule has 1 aromatic rings. The van der Waals surface area contributed by atoms with Gasteiger partial charge >= 0.3 is 15.6 Å². The number of Topliss-reactive ketones (excluding diaryl/α,β-unsaturated/α-hetero) is 1. The molecular formula is C14H24N4O11P2. The van der Waals surface area contributed by atoms with Crippen molar-refractivity contribution in [2.75, 3.05) is 31.7 Å². The molecule has 0 aliphatic rings. The van der Waals surface area contributed by atoms with Crippen molar-refractivity contribution in [2.45, 2.75) is 6.92 Å². The van der Waals surface area contributed by atoms with Crippen LogP contribution in [0.5, 0.6) is 0 Å². The van der Waals surface area contributed by atoms with Gasteiger partial charge < -0.3 is 25.0 Å². The molecule has 1 amide bonds. The number of aldehydes is 1. The number of phosphoric ester groups is 2. The number of carbonyl (C=O) groups excluding carboxylic acids is 3. The van der Waals surface area contributed by atoms with Gasteiger partial charge in [-0.15, -0.1) is 0 Å². The Hall–Kier alpha value is -2.03. The minimum absolute atomic E-state index is 0.103. The molecule has 1 rings (SSSR count). The van der Waals surface area contributed by atoms with E-state index in [0.717, 1.165) is 0 Å². The summed E-state index contributed by atoms with van der Waals surface area (Å²) in [6.45, 7) is 0.201. The number of nitrogens with two attached hydrogens (primary N) is 1. The van der Waals surface area contributed by atoms with Crippen molar-refractivity contribution in [1.82, 2.24) is 10.4 Å². The van der Waals surface area contributed by atoms with Crippen LogP contribution < -0.4 is 16.7 Å². The van der Waals surface area contributed by atoms with Gasteiger partial charge in [0.1, 0.15) is 0 Å². The van der Waals surface area contributed by atoms with E-state index >= 15 is 0 Å². The first-order chi connectivity index (χ1) is 14.3. The number of nitrogens with one attached hydrogen (secondary N) is 2. The van der Waals surface area contributed by atoms with Gasteiger partial charge in [-0.05, 0) is 12.1 Å². The fourth-order valence-corrected chi connectivity index (χ4v) is 2.43. The minimum atomic E-state index is -4.68. The molecule has 17 heteroatoms. The van der Waals surface area contributed by atoms with Gasteiger partial charge in [0, 0.05) is 20.0 Å². The largest absolute Gasteiger partial charge is 0.469 e. The Labute approximate surface area is 176 Å². The number of anilines is 1. The predicted molar refractivity (Wildman–Crippen MR) is 106 cm³/mol. The smallest absolute Gasteiger partial charge is 0.318 e. The van der Waals surface area contributed by atoms with Crippen molar-refractivity contribution in [1.29, 1.82) is 0 Å². The minimum Gasteiger partial charge on any atom is -0.318 e. The number of nitrogens with zero attached hydrogens (tertiary/aromatic N) is 1. The number of nitrogen functional groups attached to an aromatic ring is 1. The van der Waals surface area contributed by atoms with Gasteiger partial charge in [0.05, 0.1) is 24.5 Å². The number of ketones is 1. The van der Waals surface area contributed by atoms with Crippen LogP contribution in [0.3, 0.4) is 0 Å². The second kappa shape index (κ2) is 14.1. The second-order valence-electron chi connectivity index (χ2n) is 5.49. The highest BCUT2D eigenvalue weighted by molar-refractivity contribution is 7.46. The summed E-state index contributed by atoms with van der Waals surface area (Å²) in [5, 5.41) is 1.30. The first kappa shape index (κ1) is 29.0. The van der Waals surface area contributed by atoms with E-state index in [2.05, 4.69) is 14.5 Å². The van der Waals surface area contributed by atoms with Crippen LogP contribution in [0, 0.1) is 0 Å². The monoisotopic (exact) mass is 486 g/mol. The zero-order chi connectivity index (χ0) is 24.1. The van der Waals surface area contributed by atoms with Crippen LogP contribution in [-0.4, -0.2) is 68.9 Å². The standard InChI is InChI=1S/C11H20N4O9P2.C3H4O2/c12-13-11(16)9-3-1-2-4-10(9)14-15(5-7-23-25(17,18)19)6-8-24-26(20,21)22;1-3(5)2-4/h1-4,14H,5-8,12H2,(H,13,16)(H2,17,18,19)(H2,20,21,22);2H,1H3. The molecule has 176 valence electrons. The third kappa shape index (κ3) is 15.4. The summed E-state index contributed by atoms with van der Waals surface area (Å²) in [6, 6.07) is 6.21. The number of benzene rings is 1. The number of hydrogen-bond donors (Lipinski definition) is 7. The molecule has 31 heavy (non-hydrogen) atoms. The summed E-state index contributed by atoms with van der Waals surface area (Å²) in [7, 11) is -9.36. The number of hydrogen-bond acceptors (Lipinski definition) is 10.